The fourth-order valence-electron chi connectivity index (χ4n) is 0.666. The van der Waals surface area contributed by atoms with E-state index in [1.807, 2.05) is 0 Å². The fourth-order valence-corrected chi connectivity index (χ4v) is 0.666. The van der Waals surface area contributed by atoms with Crippen LogP contribution < -0.4 is 0 Å². The zero-order valence-electron chi connectivity index (χ0n) is 7.11. The van der Waals surface area contributed by atoms with Gasteiger partial charge >= 0.3 is 11.9 Å². The predicted octanol–water partition coefficient (Wildman–Crippen LogP) is -3.40. The van der Waals surface area contributed by atoms with Crippen LogP contribution in [0, 0.1) is 0 Å². The second kappa shape index (κ2) is 6.72. The summed E-state index contributed by atoms with van der Waals surface area (Å²) in [7, 11) is 0. The van der Waals surface area contributed by atoms with Crippen LogP contribution in [-0.2, 0) is 26.7 Å². The standard InChI is InChI=1S/C6H10O8.Cu/c7-1(3(9)5(11)12)2(8)4(10)6(13)14;/h1-4,7-10H,(H,11,12)(H,13,14);/t1-,2+,3-,4-;/m0./s1. The Kier molecular flexibility index (Phi) is 7.49. The van der Waals surface area contributed by atoms with Crippen molar-refractivity contribution in [3.63, 3.8) is 0 Å². The first-order valence-electron chi connectivity index (χ1n) is 3.47. The largest absolute Gasteiger partial charge is 0.479 e. The van der Waals surface area contributed by atoms with Crippen LogP contribution in [0.15, 0.2) is 0 Å². The summed E-state index contributed by atoms with van der Waals surface area (Å²) < 4.78 is 0. The van der Waals surface area contributed by atoms with E-state index >= 15 is 0 Å². The van der Waals surface area contributed by atoms with Crippen LogP contribution >= 0.6 is 0 Å². The Hall–Kier alpha value is -0.701. The quantitative estimate of drug-likeness (QED) is 0.283. The summed E-state index contributed by atoms with van der Waals surface area (Å²) in [4.78, 5) is 20.2. The first-order chi connectivity index (χ1) is 6.29. The summed E-state index contributed by atoms with van der Waals surface area (Å²) in [6.07, 6.45) is -9.28. The smallest absolute Gasteiger partial charge is 0.335 e. The molecule has 6 N–H and O–H groups in total. The Morgan fingerprint density at radius 3 is 1.07 bits per heavy atom. The molecule has 0 fully saturated rings. The van der Waals surface area contributed by atoms with Gasteiger partial charge in [0.05, 0.1) is 0 Å². The van der Waals surface area contributed by atoms with E-state index in [-0.39, 0.29) is 17.1 Å². The van der Waals surface area contributed by atoms with Crippen molar-refractivity contribution >= 4 is 11.9 Å². The number of aliphatic hydroxyl groups is 4. The predicted molar refractivity (Wildman–Crippen MR) is 39.3 cm³/mol. The molecule has 0 aromatic carbocycles. The third-order valence-corrected chi connectivity index (χ3v) is 1.50. The van der Waals surface area contributed by atoms with Crippen LogP contribution in [0.25, 0.3) is 0 Å². The van der Waals surface area contributed by atoms with Gasteiger partial charge in [-0.1, -0.05) is 0 Å². The number of carboxylic acid groups (broad SMARTS) is 2. The molecule has 0 bridgehead atoms. The van der Waals surface area contributed by atoms with Gasteiger partial charge in [0.2, 0.25) is 0 Å². The summed E-state index contributed by atoms with van der Waals surface area (Å²) in [6.45, 7) is 0. The molecule has 1 radical (unpaired) electrons. The number of rotatable bonds is 5. The third kappa shape index (κ3) is 4.56. The van der Waals surface area contributed by atoms with Crippen LogP contribution in [-0.4, -0.2) is 67.0 Å². The van der Waals surface area contributed by atoms with E-state index in [1.54, 1.807) is 0 Å². The van der Waals surface area contributed by atoms with Crippen molar-refractivity contribution in [2.24, 2.45) is 0 Å². The maximum Gasteiger partial charge on any atom is 0.335 e. The van der Waals surface area contributed by atoms with Gasteiger partial charge in [-0.25, -0.2) is 9.59 Å². The van der Waals surface area contributed by atoms with Crippen molar-refractivity contribution in [3.05, 3.63) is 0 Å². The first-order valence-corrected chi connectivity index (χ1v) is 3.47. The van der Waals surface area contributed by atoms with Crippen LogP contribution in [0.1, 0.15) is 0 Å². The zero-order valence-corrected chi connectivity index (χ0v) is 8.05. The molecule has 0 unspecified atom stereocenters. The SMILES string of the molecule is O=C(O)[C@@H](O)[C@H](O)[C@H](O)[C@H](O)C(=O)O.[Cu]. The Balaban J connectivity index is 0. The fraction of sp³-hybridized carbons (Fsp3) is 0.667. The maximum absolute atomic E-state index is 10.1. The normalized spacial score (nSPS) is 18.1. The minimum absolute atomic E-state index is 0. The molecule has 0 aliphatic rings. The number of aliphatic carboxylic acids is 2. The molecule has 0 aliphatic heterocycles. The number of carboxylic acids is 2. The second-order valence-corrected chi connectivity index (χ2v) is 2.55. The van der Waals surface area contributed by atoms with Crippen LogP contribution in [0.3, 0.4) is 0 Å². The molecular weight excluding hydrogens is 264 g/mol. The van der Waals surface area contributed by atoms with Crippen molar-refractivity contribution in [3.8, 4) is 0 Å². The van der Waals surface area contributed by atoms with Gasteiger partial charge in [0.25, 0.3) is 0 Å². The molecule has 0 saturated heterocycles. The van der Waals surface area contributed by atoms with Crippen molar-refractivity contribution in [2.75, 3.05) is 0 Å². The van der Waals surface area contributed by atoms with E-state index in [0.29, 0.717) is 0 Å². The summed E-state index contributed by atoms with van der Waals surface area (Å²) in [5.74, 6) is -3.68. The average Bonchev–Trinajstić information content (AvgIpc) is 2.12. The molecule has 9 heteroatoms. The molecule has 0 heterocycles. The molecule has 0 amide bonds. The minimum atomic E-state index is -2.36. The van der Waals surface area contributed by atoms with Crippen molar-refractivity contribution in [1.82, 2.24) is 0 Å². The van der Waals surface area contributed by atoms with Gasteiger partial charge in [0, 0.05) is 17.1 Å². The number of carbonyl (C=O) groups is 2. The van der Waals surface area contributed by atoms with Crippen molar-refractivity contribution in [1.29, 1.82) is 0 Å². The second-order valence-electron chi connectivity index (χ2n) is 2.55. The summed E-state index contributed by atoms with van der Waals surface area (Å²) >= 11 is 0. The Morgan fingerprint density at radius 2 is 0.933 bits per heavy atom. The molecule has 0 aromatic heterocycles. The van der Waals surface area contributed by atoms with Gasteiger partial charge in [-0.05, 0) is 0 Å². The van der Waals surface area contributed by atoms with Gasteiger partial charge in [0.1, 0.15) is 12.2 Å². The van der Waals surface area contributed by atoms with Crippen LogP contribution in [0.4, 0.5) is 0 Å². The van der Waals surface area contributed by atoms with Crippen molar-refractivity contribution < 1.29 is 57.3 Å². The summed E-state index contributed by atoms with van der Waals surface area (Å²) in [5, 5.41) is 51.5. The molecule has 0 aromatic rings. The summed E-state index contributed by atoms with van der Waals surface area (Å²) in [6, 6.07) is 0. The Morgan fingerprint density at radius 1 is 0.733 bits per heavy atom. The van der Waals surface area contributed by atoms with Gasteiger partial charge in [-0.15, -0.1) is 0 Å². The topological polar surface area (TPSA) is 156 Å². The number of hydrogen-bond donors (Lipinski definition) is 6. The van der Waals surface area contributed by atoms with E-state index in [4.69, 9.17) is 30.6 Å². The number of hydrogen-bond acceptors (Lipinski definition) is 6. The van der Waals surface area contributed by atoms with E-state index in [0.717, 1.165) is 0 Å². The van der Waals surface area contributed by atoms with Crippen LogP contribution in [0.5, 0.6) is 0 Å². The molecule has 93 valence electrons. The van der Waals surface area contributed by atoms with E-state index in [9.17, 15) is 9.59 Å². The molecular formula is C6H10CuO8. The third-order valence-electron chi connectivity index (χ3n) is 1.50. The van der Waals surface area contributed by atoms with Gasteiger partial charge in [-0.2, -0.15) is 0 Å². The molecule has 0 saturated carbocycles. The Labute approximate surface area is 94.2 Å². The maximum atomic E-state index is 10.1. The number of aliphatic hydroxyl groups excluding tert-OH is 4. The minimum Gasteiger partial charge on any atom is -0.479 e. The monoisotopic (exact) mass is 273 g/mol. The van der Waals surface area contributed by atoms with Gasteiger partial charge < -0.3 is 30.6 Å². The molecule has 15 heavy (non-hydrogen) atoms. The molecule has 8 nitrogen and oxygen atoms in total. The average molecular weight is 274 g/mol. The molecule has 0 rings (SSSR count). The molecule has 0 spiro atoms. The van der Waals surface area contributed by atoms with E-state index in [1.165, 1.54) is 0 Å². The Bertz CT molecular complexity index is 207. The van der Waals surface area contributed by atoms with Crippen molar-refractivity contribution in [2.45, 2.75) is 24.4 Å². The molecule has 0 aliphatic carbocycles. The van der Waals surface area contributed by atoms with E-state index < -0.39 is 36.4 Å². The summed E-state index contributed by atoms with van der Waals surface area (Å²) in [5.41, 5.74) is 0. The van der Waals surface area contributed by atoms with Gasteiger partial charge in [0.15, 0.2) is 12.2 Å². The van der Waals surface area contributed by atoms with Crippen LogP contribution in [0.2, 0.25) is 0 Å². The first kappa shape index (κ1) is 16.7. The molecule has 4 atom stereocenters. The zero-order chi connectivity index (χ0) is 11.5. The van der Waals surface area contributed by atoms with Gasteiger partial charge in [-0.3, -0.25) is 0 Å². The van der Waals surface area contributed by atoms with E-state index in [2.05, 4.69) is 0 Å².